The lowest BCUT2D eigenvalue weighted by Gasteiger charge is -2.37. The second kappa shape index (κ2) is 18.0. The van der Waals surface area contributed by atoms with Gasteiger partial charge in [-0.2, -0.15) is 0 Å². The minimum atomic E-state index is -1.03. The Morgan fingerprint density at radius 1 is 0.875 bits per heavy atom. The molecular formula is C37H48N4O7. The summed E-state index contributed by atoms with van der Waals surface area (Å²) in [7, 11) is 3.06. The van der Waals surface area contributed by atoms with Gasteiger partial charge in [0, 0.05) is 37.3 Å². The molecule has 1 aliphatic heterocycles. The number of ether oxygens (including phenoxy) is 3. The van der Waals surface area contributed by atoms with Crippen molar-refractivity contribution in [3.63, 3.8) is 0 Å². The van der Waals surface area contributed by atoms with Crippen LogP contribution in [0.25, 0.3) is 0 Å². The Labute approximate surface area is 283 Å². The molecule has 1 heterocycles. The topological polar surface area (TPSA) is 138 Å². The summed E-state index contributed by atoms with van der Waals surface area (Å²) in [5.41, 5.74) is 1.91. The van der Waals surface area contributed by atoms with Crippen LogP contribution in [-0.4, -0.2) is 86.0 Å². The lowest BCUT2D eigenvalue weighted by Crippen LogP contribution is -2.59. The van der Waals surface area contributed by atoms with Crippen LogP contribution < -0.4 is 30.2 Å². The third-order valence-electron chi connectivity index (χ3n) is 8.35. The number of benzene rings is 3. The number of carbonyl (C=O) groups excluding carboxylic acids is 3. The van der Waals surface area contributed by atoms with Gasteiger partial charge in [0.25, 0.3) is 5.91 Å². The van der Waals surface area contributed by atoms with Gasteiger partial charge in [0.2, 0.25) is 5.91 Å². The van der Waals surface area contributed by atoms with Gasteiger partial charge in [-0.25, -0.2) is 4.79 Å². The molecule has 1 aliphatic rings. The van der Waals surface area contributed by atoms with Crippen molar-refractivity contribution in [3.8, 4) is 17.2 Å². The van der Waals surface area contributed by atoms with Crippen LogP contribution in [-0.2, 0) is 22.4 Å². The van der Waals surface area contributed by atoms with Crippen molar-refractivity contribution in [1.82, 2.24) is 20.9 Å². The SMILES string of the molecule is COc1cc(OC)cc(OCC(=O)N[C@H](Cc2ccccc2)[C@H](O)C[C@@H](Cc2ccccc2)NC(=O)[C@@H](C(C)C)N2CCCNC2=O)c1. The number of hydrogen-bond donors (Lipinski definition) is 4. The summed E-state index contributed by atoms with van der Waals surface area (Å²) in [6.45, 7) is 4.61. The van der Waals surface area contributed by atoms with Gasteiger partial charge < -0.3 is 40.2 Å². The molecule has 3 aromatic carbocycles. The smallest absolute Gasteiger partial charge is 0.318 e. The quantitative estimate of drug-likeness (QED) is 0.173. The first-order valence-corrected chi connectivity index (χ1v) is 16.4. The van der Waals surface area contributed by atoms with Gasteiger partial charge >= 0.3 is 6.03 Å². The first kappa shape index (κ1) is 36.1. The highest BCUT2D eigenvalue weighted by Gasteiger charge is 2.35. The molecule has 0 radical (unpaired) electrons. The number of aliphatic hydroxyl groups is 1. The molecule has 4 amide bonds. The van der Waals surface area contributed by atoms with Gasteiger partial charge in [-0.05, 0) is 42.7 Å². The molecule has 4 rings (SSSR count). The summed E-state index contributed by atoms with van der Waals surface area (Å²) in [5, 5.41) is 20.7. The van der Waals surface area contributed by atoms with Crippen LogP contribution in [0.4, 0.5) is 4.79 Å². The fourth-order valence-corrected chi connectivity index (χ4v) is 5.96. The Hall–Kier alpha value is -4.77. The van der Waals surface area contributed by atoms with Gasteiger partial charge in [0.15, 0.2) is 6.61 Å². The first-order valence-electron chi connectivity index (χ1n) is 16.4. The van der Waals surface area contributed by atoms with Crippen LogP contribution in [0.2, 0.25) is 0 Å². The highest BCUT2D eigenvalue weighted by Crippen LogP contribution is 2.27. The van der Waals surface area contributed by atoms with Crippen LogP contribution in [0.5, 0.6) is 17.2 Å². The molecule has 11 nitrogen and oxygen atoms in total. The molecule has 1 fully saturated rings. The number of methoxy groups -OCH3 is 2. The van der Waals surface area contributed by atoms with E-state index in [4.69, 9.17) is 14.2 Å². The monoisotopic (exact) mass is 660 g/mol. The molecule has 4 atom stereocenters. The molecular weight excluding hydrogens is 612 g/mol. The molecule has 0 spiro atoms. The lowest BCUT2D eigenvalue weighted by atomic mass is 9.92. The Morgan fingerprint density at radius 2 is 1.46 bits per heavy atom. The molecule has 48 heavy (non-hydrogen) atoms. The van der Waals surface area contributed by atoms with Crippen molar-refractivity contribution in [1.29, 1.82) is 0 Å². The summed E-state index contributed by atoms with van der Waals surface area (Å²) in [4.78, 5) is 41.4. The highest BCUT2D eigenvalue weighted by molar-refractivity contribution is 5.87. The lowest BCUT2D eigenvalue weighted by molar-refractivity contribution is -0.128. The number of urea groups is 1. The summed E-state index contributed by atoms with van der Waals surface area (Å²) in [5.74, 6) is 0.612. The van der Waals surface area contributed by atoms with Crippen molar-refractivity contribution in [3.05, 3.63) is 90.0 Å². The average Bonchev–Trinajstić information content (AvgIpc) is 3.08. The molecule has 0 aromatic heterocycles. The molecule has 3 aromatic rings. The van der Waals surface area contributed by atoms with E-state index in [1.165, 1.54) is 14.2 Å². The third-order valence-corrected chi connectivity index (χ3v) is 8.35. The number of nitrogens with one attached hydrogen (secondary N) is 3. The highest BCUT2D eigenvalue weighted by atomic mass is 16.5. The Bertz CT molecular complexity index is 1450. The van der Waals surface area contributed by atoms with E-state index in [0.29, 0.717) is 43.2 Å². The van der Waals surface area contributed by atoms with E-state index in [1.54, 1.807) is 23.1 Å². The van der Waals surface area contributed by atoms with Crippen molar-refractivity contribution in [2.24, 2.45) is 5.92 Å². The maximum atomic E-state index is 13.8. The second-order valence-electron chi connectivity index (χ2n) is 12.4. The van der Waals surface area contributed by atoms with Crippen molar-refractivity contribution in [2.45, 2.75) is 63.8 Å². The van der Waals surface area contributed by atoms with Gasteiger partial charge in [-0.15, -0.1) is 0 Å². The summed E-state index contributed by atoms with van der Waals surface area (Å²) in [6.07, 6.45) is 0.687. The standard InChI is InChI=1S/C37H48N4O7/c1-25(2)35(41-17-11-16-38-37(41)45)36(44)39-28(18-26-12-7-5-8-13-26)20-33(42)32(19-27-14-9-6-10-15-27)40-34(43)24-48-31-22-29(46-3)21-30(23-31)47-4/h5-10,12-15,21-23,25,28,32-33,35,42H,11,16-20,24H2,1-4H3,(H,38,45)(H,39,44)(H,40,43)/t28-,32-,33-,35-/m1/s1. The van der Waals surface area contributed by atoms with E-state index in [-0.39, 0.29) is 30.9 Å². The molecule has 1 saturated heterocycles. The predicted octanol–water partition coefficient (Wildman–Crippen LogP) is 3.73. The number of amides is 4. The fourth-order valence-electron chi connectivity index (χ4n) is 5.96. The number of carbonyl (C=O) groups is 3. The maximum absolute atomic E-state index is 13.8. The van der Waals surface area contributed by atoms with Gasteiger partial charge in [0.05, 0.1) is 26.4 Å². The zero-order valence-corrected chi connectivity index (χ0v) is 28.2. The first-order chi connectivity index (χ1) is 23.2. The second-order valence-corrected chi connectivity index (χ2v) is 12.4. The molecule has 0 aliphatic carbocycles. The number of aliphatic hydroxyl groups excluding tert-OH is 1. The van der Waals surface area contributed by atoms with Crippen molar-refractivity contribution >= 4 is 17.8 Å². The van der Waals surface area contributed by atoms with Crippen LogP contribution in [0.1, 0.15) is 37.8 Å². The van der Waals surface area contributed by atoms with Crippen LogP contribution >= 0.6 is 0 Å². The fraction of sp³-hybridized carbons (Fsp3) is 0.432. The normalized spacial score (nSPS) is 15.5. The zero-order valence-electron chi connectivity index (χ0n) is 28.2. The minimum absolute atomic E-state index is 0.134. The Balaban J connectivity index is 1.51. The molecule has 258 valence electrons. The largest absolute Gasteiger partial charge is 0.496 e. The van der Waals surface area contributed by atoms with E-state index >= 15 is 0 Å². The summed E-state index contributed by atoms with van der Waals surface area (Å²) >= 11 is 0. The number of rotatable bonds is 17. The van der Waals surface area contributed by atoms with Crippen LogP contribution in [0.15, 0.2) is 78.9 Å². The van der Waals surface area contributed by atoms with Crippen molar-refractivity contribution in [2.75, 3.05) is 33.9 Å². The van der Waals surface area contributed by atoms with E-state index in [0.717, 1.165) is 17.5 Å². The van der Waals surface area contributed by atoms with Gasteiger partial charge in [0.1, 0.15) is 23.3 Å². The maximum Gasteiger partial charge on any atom is 0.318 e. The van der Waals surface area contributed by atoms with E-state index < -0.39 is 30.1 Å². The third kappa shape index (κ3) is 10.6. The Morgan fingerprint density at radius 3 is 2.02 bits per heavy atom. The van der Waals surface area contributed by atoms with E-state index in [2.05, 4.69) is 16.0 Å². The van der Waals surface area contributed by atoms with Crippen molar-refractivity contribution < 1.29 is 33.7 Å². The van der Waals surface area contributed by atoms with Gasteiger partial charge in [-0.3, -0.25) is 9.59 Å². The van der Waals surface area contributed by atoms with E-state index in [9.17, 15) is 19.5 Å². The molecule has 4 N–H and O–H groups in total. The van der Waals surface area contributed by atoms with Crippen LogP contribution in [0, 0.1) is 5.92 Å². The van der Waals surface area contributed by atoms with Gasteiger partial charge in [-0.1, -0.05) is 74.5 Å². The number of hydrogen-bond acceptors (Lipinski definition) is 7. The Kier molecular flexibility index (Phi) is 13.5. The zero-order chi connectivity index (χ0) is 34.5. The summed E-state index contributed by atoms with van der Waals surface area (Å²) < 4.78 is 16.4. The molecule has 0 unspecified atom stereocenters. The predicted molar refractivity (Wildman–Crippen MR) is 183 cm³/mol. The van der Waals surface area contributed by atoms with Crippen LogP contribution in [0.3, 0.4) is 0 Å². The van der Waals surface area contributed by atoms with E-state index in [1.807, 2.05) is 74.5 Å². The molecule has 11 heteroatoms. The number of nitrogens with zero attached hydrogens (tertiary/aromatic N) is 1. The minimum Gasteiger partial charge on any atom is -0.496 e. The molecule has 0 bridgehead atoms. The molecule has 0 saturated carbocycles. The average molecular weight is 661 g/mol. The summed E-state index contributed by atoms with van der Waals surface area (Å²) in [6, 6.07) is 22.2.